The van der Waals surface area contributed by atoms with Crippen LogP contribution in [0.5, 0.6) is 5.75 Å². The van der Waals surface area contributed by atoms with Crippen LogP contribution < -0.4 is 0 Å². The Balaban J connectivity index is 1.63. The zero-order valence-electron chi connectivity index (χ0n) is 13.1. The molecule has 2 N–H and O–H groups in total. The Labute approximate surface area is 136 Å². The van der Waals surface area contributed by atoms with E-state index in [2.05, 4.69) is 20.1 Å². The molecule has 0 radical (unpaired) electrons. The molecule has 9 heteroatoms. The maximum absolute atomic E-state index is 13.8. The number of aromatic hydroxyl groups is 1. The number of phenols is 1. The van der Waals surface area contributed by atoms with Crippen molar-refractivity contribution < 1.29 is 18.7 Å². The Morgan fingerprint density at radius 2 is 2.00 bits per heavy atom. The number of rotatable bonds is 3. The minimum atomic E-state index is -1.06. The van der Waals surface area contributed by atoms with Crippen LogP contribution in [0.25, 0.3) is 0 Å². The zero-order chi connectivity index (χ0) is 17.3. The largest absolute Gasteiger partial charge is 0.507 e. The number of phenolic OH excluding ortho intramolecular Hbond substituents is 1. The number of hydrogen-bond acceptors (Lipinski definition) is 5. The second-order valence-electron chi connectivity index (χ2n) is 5.69. The van der Waals surface area contributed by atoms with Crippen molar-refractivity contribution in [2.24, 2.45) is 0 Å². The third-order valence-corrected chi connectivity index (χ3v) is 3.92. The van der Waals surface area contributed by atoms with Crippen molar-refractivity contribution in [2.75, 3.05) is 26.2 Å². The number of aryl methyl sites for hydroxylation is 1. The maximum Gasteiger partial charge on any atom is 0.260 e. The van der Waals surface area contributed by atoms with E-state index in [1.54, 1.807) is 0 Å². The lowest BCUT2D eigenvalue weighted by atomic mass is 10.1. The first-order valence-corrected chi connectivity index (χ1v) is 7.51. The summed E-state index contributed by atoms with van der Waals surface area (Å²) in [6.07, 6.45) is 0. The van der Waals surface area contributed by atoms with Crippen molar-refractivity contribution in [3.05, 3.63) is 41.0 Å². The van der Waals surface area contributed by atoms with Gasteiger partial charge in [0, 0.05) is 38.3 Å². The number of hydrogen-bond donors (Lipinski definition) is 2. The van der Waals surface area contributed by atoms with Gasteiger partial charge in [-0.3, -0.25) is 14.8 Å². The van der Waals surface area contributed by atoms with Crippen LogP contribution in [0.4, 0.5) is 8.78 Å². The van der Waals surface area contributed by atoms with E-state index in [0.717, 1.165) is 11.9 Å². The van der Waals surface area contributed by atoms with Gasteiger partial charge in [-0.25, -0.2) is 13.8 Å². The summed E-state index contributed by atoms with van der Waals surface area (Å²) in [4.78, 5) is 20.1. The van der Waals surface area contributed by atoms with Crippen LogP contribution in [0.3, 0.4) is 0 Å². The number of nitrogens with one attached hydrogen (secondary N) is 1. The van der Waals surface area contributed by atoms with E-state index in [0.29, 0.717) is 44.6 Å². The van der Waals surface area contributed by atoms with Gasteiger partial charge >= 0.3 is 0 Å². The van der Waals surface area contributed by atoms with Crippen LogP contribution in [-0.2, 0) is 6.54 Å². The fraction of sp³-hybridized carbons (Fsp3) is 0.400. The predicted octanol–water partition coefficient (Wildman–Crippen LogP) is 1.05. The van der Waals surface area contributed by atoms with E-state index in [1.807, 2.05) is 6.92 Å². The first-order valence-electron chi connectivity index (χ1n) is 7.51. The first-order chi connectivity index (χ1) is 11.4. The molecule has 3 rings (SSSR count). The molecule has 0 spiro atoms. The first kappa shape index (κ1) is 16.3. The van der Waals surface area contributed by atoms with Gasteiger partial charge in [0.2, 0.25) is 0 Å². The highest BCUT2D eigenvalue weighted by atomic mass is 19.1. The molecule has 1 fully saturated rings. The van der Waals surface area contributed by atoms with Crippen molar-refractivity contribution in [3.8, 4) is 5.75 Å². The fourth-order valence-corrected chi connectivity index (χ4v) is 2.70. The lowest BCUT2D eigenvalue weighted by molar-refractivity contribution is 0.0618. The van der Waals surface area contributed by atoms with Gasteiger partial charge < -0.3 is 10.0 Å². The summed E-state index contributed by atoms with van der Waals surface area (Å²) in [5.74, 6) is -1.89. The summed E-state index contributed by atoms with van der Waals surface area (Å²) in [5, 5.41) is 16.5. The molecule has 0 atom stereocenters. The molecule has 7 nitrogen and oxygen atoms in total. The van der Waals surface area contributed by atoms with Crippen LogP contribution in [0, 0.1) is 18.6 Å². The standard InChI is InChI=1S/C15H17F2N5O2/c1-9-18-13(20-19-9)8-21-2-4-22(5-3-21)15(24)14-11(17)6-10(16)7-12(14)23/h6-7,23H,2-5,8H2,1H3,(H,18,19,20). The minimum absolute atomic E-state index is 0.374. The monoisotopic (exact) mass is 337 g/mol. The summed E-state index contributed by atoms with van der Waals surface area (Å²) < 4.78 is 26.8. The van der Waals surface area contributed by atoms with E-state index >= 15 is 0 Å². The zero-order valence-corrected chi connectivity index (χ0v) is 13.1. The highest BCUT2D eigenvalue weighted by Crippen LogP contribution is 2.24. The summed E-state index contributed by atoms with van der Waals surface area (Å²) in [6, 6.07) is 1.33. The van der Waals surface area contributed by atoms with Crippen LogP contribution >= 0.6 is 0 Å². The molecule has 1 saturated heterocycles. The second-order valence-corrected chi connectivity index (χ2v) is 5.69. The predicted molar refractivity (Wildman–Crippen MR) is 80.3 cm³/mol. The number of aromatic amines is 1. The minimum Gasteiger partial charge on any atom is -0.507 e. The number of amides is 1. The number of benzene rings is 1. The lowest BCUT2D eigenvalue weighted by Crippen LogP contribution is -2.48. The fourth-order valence-electron chi connectivity index (χ4n) is 2.70. The normalized spacial score (nSPS) is 15.7. The van der Waals surface area contributed by atoms with Crippen molar-refractivity contribution in [1.82, 2.24) is 25.0 Å². The topological polar surface area (TPSA) is 85.3 Å². The van der Waals surface area contributed by atoms with Crippen LogP contribution in [0.2, 0.25) is 0 Å². The lowest BCUT2D eigenvalue weighted by Gasteiger charge is -2.34. The molecule has 0 unspecified atom stereocenters. The number of carbonyl (C=O) groups excluding carboxylic acids is 1. The number of aromatic nitrogens is 3. The molecule has 1 aromatic carbocycles. The molecule has 1 aliphatic heterocycles. The Kier molecular flexibility index (Phi) is 4.43. The SMILES string of the molecule is Cc1nc(CN2CCN(C(=O)c3c(O)cc(F)cc3F)CC2)n[nH]1. The molecule has 0 saturated carbocycles. The summed E-state index contributed by atoms with van der Waals surface area (Å²) in [7, 11) is 0. The Hall–Kier alpha value is -2.55. The van der Waals surface area contributed by atoms with Gasteiger partial charge in [0.05, 0.1) is 6.54 Å². The Morgan fingerprint density at radius 1 is 1.29 bits per heavy atom. The molecule has 0 bridgehead atoms. The van der Waals surface area contributed by atoms with Crippen molar-refractivity contribution in [2.45, 2.75) is 13.5 Å². The third-order valence-electron chi connectivity index (χ3n) is 3.92. The van der Waals surface area contributed by atoms with E-state index in [9.17, 15) is 18.7 Å². The summed E-state index contributed by atoms with van der Waals surface area (Å²) in [6.45, 7) is 4.27. The molecule has 1 amide bonds. The number of H-pyrrole nitrogens is 1. The molecule has 1 aromatic heterocycles. The van der Waals surface area contributed by atoms with Crippen molar-refractivity contribution in [1.29, 1.82) is 0 Å². The molecule has 1 aliphatic rings. The van der Waals surface area contributed by atoms with E-state index < -0.39 is 28.9 Å². The Morgan fingerprint density at radius 3 is 2.58 bits per heavy atom. The average Bonchev–Trinajstić information content (AvgIpc) is 2.92. The maximum atomic E-state index is 13.8. The van der Waals surface area contributed by atoms with Crippen LogP contribution in [0.1, 0.15) is 22.0 Å². The highest BCUT2D eigenvalue weighted by molar-refractivity contribution is 5.97. The number of piperazine rings is 1. The van der Waals surface area contributed by atoms with Gasteiger partial charge in [-0.1, -0.05) is 0 Å². The molecule has 128 valence electrons. The quantitative estimate of drug-likeness (QED) is 0.875. The van der Waals surface area contributed by atoms with Crippen LogP contribution in [-0.4, -0.2) is 62.2 Å². The molecule has 0 aliphatic carbocycles. The Bertz CT molecular complexity index is 733. The van der Waals surface area contributed by atoms with E-state index in [4.69, 9.17) is 0 Å². The van der Waals surface area contributed by atoms with Crippen molar-refractivity contribution in [3.63, 3.8) is 0 Å². The summed E-state index contributed by atoms with van der Waals surface area (Å²) in [5.41, 5.74) is -0.491. The molecule has 24 heavy (non-hydrogen) atoms. The number of carbonyl (C=O) groups is 1. The molecule has 2 heterocycles. The van der Waals surface area contributed by atoms with Crippen LogP contribution in [0.15, 0.2) is 12.1 Å². The average molecular weight is 337 g/mol. The number of halogens is 2. The van der Waals surface area contributed by atoms with Gasteiger partial charge in [-0.15, -0.1) is 0 Å². The third kappa shape index (κ3) is 3.35. The van der Waals surface area contributed by atoms with Gasteiger partial charge in [-0.2, -0.15) is 5.10 Å². The highest BCUT2D eigenvalue weighted by Gasteiger charge is 2.27. The van der Waals surface area contributed by atoms with E-state index in [1.165, 1.54) is 4.90 Å². The van der Waals surface area contributed by atoms with Gasteiger partial charge in [-0.05, 0) is 6.92 Å². The molecule has 2 aromatic rings. The number of nitrogens with zero attached hydrogens (tertiary/aromatic N) is 4. The van der Waals surface area contributed by atoms with E-state index in [-0.39, 0.29) is 0 Å². The van der Waals surface area contributed by atoms with Gasteiger partial charge in [0.15, 0.2) is 5.82 Å². The second kappa shape index (κ2) is 6.52. The summed E-state index contributed by atoms with van der Waals surface area (Å²) >= 11 is 0. The van der Waals surface area contributed by atoms with Gasteiger partial charge in [0.25, 0.3) is 5.91 Å². The van der Waals surface area contributed by atoms with Gasteiger partial charge in [0.1, 0.15) is 28.8 Å². The molecular formula is C15H17F2N5O2. The smallest absolute Gasteiger partial charge is 0.260 e. The molecular weight excluding hydrogens is 320 g/mol. The van der Waals surface area contributed by atoms with Crippen molar-refractivity contribution >= 4 is 5.91 Å².